The molecule has 0 amide bonds. The monoisotopic (exact) mass is 434 g/mol. The zero-order valence-corrected chi connectivity index (χ0v) is 15.2. The van der Waals surface area contributed by atoms with Crippen molar-refractivity contribution in [3.8, 4) is 23.6 Å². The molecule has 0 aliphatic rings. The van der Waals surface area contributed by atoms with E-state index in [0.29, 0.717) is 35.8 Å². The SMILES string of the molecule is N#Cc1ccc(OCC(Br)COc2ccc(C#N)cc2Br)cc1. The van der Waals surface area contributed by atoms with Gasteiger partial charge in [-0.25, -0.2) is 0 Å². The van der Waals surface area contributed by atoms with Gasteiger partial charge in [0.1, 0.15) is 24.7 Å². The molecule has 116 valence electrons. The molecule has 0 fully saturated rings. The van der Waals surface area contributed by atoms with E-state index in [0.717, 1.165) is 4.47 Å². The zero-order chi connectivity index (χ0) is 16.7. The molecule has 0 radical (unpaired) electrons. The quantitative estimate of drug-likeness (QED) is 0.630. The number of alkyl halides is 1. The number of rotatable bonds is 6. The second-order valence-electron chi connectivity index (χ2n) is 4.61. The predicted molar refractivity (Wildman–Crippen MR) is 93.7 cm³/mol. The van der Waals surface area contributed by atoms with E-state index in [2.05, 4.69) is 44.0 Å². The second kappa shape index (κ2) is 8.57. The summed E-state index contributed by atoms with van der Waals surface area (Å²) in [6.07, 6.45) is 0. The van der Waals surface area contributed by atoms with Crippen LogP contribution in [0.4, 0.5) is 0 Å². The fourth-order valence-corrected chi connectivity index (χ4v) is 2.49. The van der Waals surface area contributed by atoms with Gasteiger partial charge in [-0.1, -0.05) is 15.9 Å². The highest BCUT2D eigenvalue weighted by atomic mass is 79.9. The van der Waals surface area contributed by atoms with Crippen molar-refractivity contribution < 1.29 is 9.47 Å². The van der Waals surface area contributed by atoms with Crippen molar-refractivity contribution in [3.05, 3.63) is 58.1 Å². The van der Waals surface area contributed by atoms with Crippen molar-refractivity contribution in [2.24, 2.45) is 0 Å². The highest BCUT2D eigenvalue weighted by Crippen LogP contribution is 2.26. The molecule has 6 heteroatoms. The van der Waals surface area contributed by atoms with Crippen LogP contribution in [-0.4, -0.2) is 18.0 Å². The van der Waals surface area contributed by atoms with E-state index in [9.17, 15) is 0 Å². The average molecular weight is 436 g/mol. The smallest absolute Gasteiger partial charge is 0.133 e. The maximum Gasteiger partial charge on any atom is 0.133 e. The topological polar surface area (TPSA) is 66.0 Å². The van der Waals surface area contributed by atoms with Gasteiger partial charge in [0.25, 0.3) is 0 Å². The molecular formula is C17H12Br2N2O2. The Balaban J connectivity index is 1.82. The lowest BCUT2D eigenvalue weighted by Crippen LogP contribution is -2.19. The van der Waals surface area contributed by atoms with Gasteiger partial charge in [0, 0.05) is 0 Å². The Bertz CT molecular complexity index is 749. The predicted octanol–water partition coefficient (Wildman–Crippen LogP) is 4.41. The number of hydrogen-bond donors (Lipinski definition) is 0. The van der Waals surface area contributed by atoms with Crippen molar-refractivity contribution in [1.82, 2.24) is 0 Å². The van der Waals surface area contributed by atoms with Crippen molar-refractivity contribution in [2.75, 3.05) is 13.2 Å². The average Bonchev–Trinajstić information content (AvgIpc) is 2.59. The van der Waals surface area contributed by atoms with Crippen LogP contribution in [0.1, 0.15) is 11.1 Å². The molecule has 4 nitrogen and oxygen atoms in total. The van der Waals surface area contributed by atoms with Crippen LogP contribution < -0.4 is 9.47 Å². The van der Waals surface area contributed by atoms with Gasteiger partial charge in [-0.15, -0.1) is 0 Å². The Kier molecular flexibility index (Phi) is 6.46. The summed E-state index contributed by atoms with van der Waals surface area (Å²) >= 11 is 6.88. The lowest BCUT2D eigenvalue weighted by molar-refractivity contribution is 0.256. The van der Waals surface area contributed by atoms with Gasteiger partial charge in [0.05, 0.1) is 32.6 Å². The Labute approximate surface area is 151 Å². The normalized spacial score (nSPS) is 11.1. The molecule has 23 heavy (non-hydrogen) atoms. The van der Waals surface area contributed by atoms with E-state index in [1.807, 2.05) is 0 Å². The van der Waals surface area contributed by atoms with Gasteiger partial charge in [0.15, 0.2) is 0 Å². The summed E-state index contributed by atoms with van der Waals surface area (Å²) in [6.45, 7) is 0.848. The van der Waals surface area contributed by atoms with Crippen LogP contribution in [0.3, 0.4) is 0 Å². The third-order valence-electron chi connectivity index (χ3n) is 2.89. The van der Waals surface area contributed by atoms with E-state index in [1.54, 1.807) is 42.5 Å². The number of nitriles is 2. The van der Waals surface area contributed by atoms with Crippen LogP contribution in [0.25, 0.3) is 0 Å². The lowest BCUT2D eigenvalue weighted by Gasteiger charge is -2.14. The van der Waals surface area contributed by atoms with Crippen LogP contribution in [-0.2, 0) is 0 Å². The first-order valence-corrected chi connectivity index (χ1v) is 8.42. The van der Waals surface area contributed by atoms with E-state index in [1.165, 1.54) is 0 Å². The van der Waals surface area contributed by atoms with Gasteiger partial charge >= 0.3 is 0 Å². The van der Waals surface area contributed by atoms with Gasteiger partial charge in [-0.3, -0.25) is 0 Å². The Morgan fingerprint density at radius 2 is 1.52 bits per heavy atom. The van der Waals surface area contributed by atoms with E-state index in [-0.39, 0.29) is 4.83 Å². The van der Waals surface area contributed by atoms with Gasteiger partial charge in [-0.05, 0) is 58.4 Å². The molecule has 0 bridgehead atoms. The third kappa shape index (κ3) is 5.28. The molecule has 1 atom stereocenters. The number of nitrogens with zero attached hydrogens (tertiary/aromatic N) is 2. The number of benzene rings is 2. The van der Waals surface area contributed by atoms with E-state index >= 15 is 0 Å². The summed E-state index contributed by atoms with van der Waals surface area (Å²) in [5.41, 5.74) is 1.17. The summed E-state index contributed by atoms with van der Waals surface area (Å²) in [5, 5.41) is 17.6. The van der Waals surface area contributed by atoms with E-state index < -0.39 is 0 Å². The summed E-state index contributed by atoms with van der Waals surface area (Å²) in [5.74, 6) is 1.37. The largest absolute Gasteiger partial charge is 0.492 e. The molecule has 0 saturated carbocycles. The van der Waals surface area contributed by atoms with Crippen LogP contribution in [0.15, 0.2) is 46.9 Å². The molecule has 1 unspecified atom stereocenters. The summed E-state index contributed by atoms with van der Waals surface area (Å²) in [4.78, 5) is 0.000636. The van der Waals surface area contributed by atoms with Crippen molar-refractivity contribution in [2.45, 2.75) is 4.83 Å². The molecule has 2 aromatic rings. The molecular weight excluding hydrogens is 424 g/mol. The molecule has 0 aliphatic heterocycles. The molecule has 0 aromatic heterocycles. The van der Waals surface area contributed by atoms with Gasteiger partial charge in [-0.2, -0.15) is 10.5 Å². The molecule has 0 heterocycles. The van der Waals surface area contributed by atoms with Crippen LogP contribution >= 0.6 is 31.9 Å². The molecule has 0 aliphatic carbocycles. The fraction of sp³-hybridized carbons (Fsp3) is 0.176. The summed E-state index contributed by atoms with van der Waals surface area (Å²) in [6, 6.07) is 16.2. The maximum atomic E-state index is 8.83. The highest BCUT2D eigenvalue weighted by Gasteiger charge is 2.09. The maximum absolute atomic E-state index is 8.83. The Morgan fingerprint density at radius 1 is 0.913 bits per heavy atom. The summed E-state index contributed by atoms with van der Waals surface area (Å²) in [7, 11) is 0. The molecule has 2 rings (SSSR count). The number of halogens is 2. The summed E-state index contributed by atoms with van der Waals surface area (Å²) < 4.78 is 12.1. The van der Waals surface area contributed by atoms with Crippen LogP contribution in [0.5, 0.6) is 11.5 Å². The zero-order valence-electron chi connectivity index (χ0n) is 12.0. The number of ether oxygens (including phenoxy) is 2. The molecule has 0 spiro atoms. The van der Waals surface area contributed by atoms with Gasteiger partial charge < -0.3 is 9.47 Å². The Hall–Kier alpha value is -2.02. The highest BCUT2D eigenvalue weighted by molar-refractivity contribution is 9.10. The second-order valence-corrected chi connectivity index (χ2v) is 6.76. The number of hydrogen-bond acceptors (Lipinski definition) is 4. The standard InChI is InChI=1S/C17H12Br2N2O2/c18-14(10-22-15-4-1-12(8-20)2-5-15)11-23-17-6-3-13(9-21)7-16(17)19/h1-7,14H,10-11H2. The molecule has 2 aromatic carbocycles. The van der Waals surface area contributed by atoms with Crippen molar-refractivity contribution >= 4 is 31.9 Å². The first-order valence-electron chi connectivity index (χ1n) is 6.72. The van der Waals surface area contributed by atoms with E-state index in [4.69, 9.17) is 20.0 Å². The molecule has 0 N–H and O–H groups in total. The van der Waals surface area contributed by atoms with Crippen molar-refractivity contribution in [1.29, 1.82) is 10.5 Å². The van der Waals surface area contributed by atoms with Crippen LogP contribution in [0.2, 0.25) is 0 Å². The van der Waals surface area contributed by atoms with Crippen molar-refractivity contribution in [3.63, 3.8) is 0 Å². The van der Waals surface area contributed by atoms with Gasteiger partial charge in [0.2, 0.25) is 0 Å². The molecule has 0 saturated heterocycles. The van der Waals surface area contributed by atoms with Crippen LogP contribution in [0, 0.1) is 22.7 Å². The minimum atomic E-state index is 0.000636. The minimum absolute atomic E-state index is 0.000636. The third-order valence-corrected chi connectivity index (χ3v) is 4.04. The lowest BCUT2D eigenvalue weighted by atomic mass is 10.2. The minimum Gasteiger partial charge on any atom is -0.492 e. The first-order chi connectivity index (χ1) is 11.1. The fourth-order valence-electron chi connectivity index (χ4n) is 1.73. The first kappa shape index (κ1) is 17.3. The Morgan fingerprint density at radius 3 is 2.13 bits per heavy atom.